The predicted molar refractivity (Wildman–Crippen MR) is 71.1 cm³/mol. The third kappa shape index (κ3) is 3.81. The van der Waals surface area contributed by atoms with Crippen LogP contribution in [0.15, 0.2) is 24.5 Å². The molecule has 1 amide bonds. The van der Waals surface area contributed by atoms with Crippen LogP contribution >= 0.6 is 0 Å². The maximum Gasteiger partial charge on any atom is 0.234 e. The van der Waals surface area contributed by atoms with Crippen LogP contribution in [0, 0.1) is 0 Å². The van der Waals surface area contributed by atoms with Crippen molar-refractivity contribution in [2.45, 2.75) is 44.7 Å². The molecule has 1 saturated carbocycles. The Balaban J connectivity index is 1.73. The molecular weight excluding hydrogens is 226 g/mol. The topological polar surface area (TPSA) is 54.0 Å². The van der Waals surface area contributed by atoms with Crippen LogP contribution in [0.1, 0.15) is 44.2 Å². The fourth-order valence-electron chi connectivity index (χ4n) is 2.37. The number of amides is 1. The van der Waals surface area contributed by atoms with E-state index >= 15 is 0 Å². The first-order chi connectivity index (χ1) is 8.75. The Morgan fingerprint density at radius 2 is 2.28 bits per heavy atom. The van der Waals surface area contributed by atoms with Gasteiger partial charge in [0.2, 0.25) is 5.91 Å². The van der Waals surface area contributed by atoms with E-state index in [1.165, 1.54) is 25.7 Å². The van der Waals surface area contributed by atoms with Gasteiger partial charge in [0, 0.05) is 18.4 Å². The average Bonchev–Trinajstić information content (AvgIpc) is 2.90. The van der Waals surface area contributed by atoms with Crippen molar-refractivity contribution >= 4 is 5.91 Å². The molecule has 1 aliphatic rings. The highest BCUT2D eigenvalue weighted by atomic mass is 16.1. The van der Waals surface area contributed by atoms with Gasteiger partial charge in [-0.1, -0.05) is 18.9 Å². The second kappa shape index (κ2) is 6.50. The largest absolute Gasteiger partial charge is 0.348 e. The minimum atomic E-state index is 0.0107. The predicted octanol–water partition coefficient (Wildman–Crippen LogP) is 1.79. The first kappa shape index (κ1) is 13.0. The van der Waals surface area contributed by atoms with E-state index in [9.17, 15) is 4.79 Å². The van der Waals surface area contributed by atoms with Gasteiger partial charge >= 0.3 is 0 Å². The summed E-state index contributed by atoms with van der Waals surface area (Å²) >= 11 is 0. The summed E-state index contributed by atoms with van der Waals surface area (Å²) in [5.74, 6) is 0.0539. The van der Waals surface area contributed by atoms with Crippen LogP contribution in [0.3, 0.4) is 0 Å². The lowest BCUT2D eigenvalue weighted by Gasteiger charge is -2.16. The first-order valence-electron chi connectivity index (χ1n) is 6.68. The molecule has 1 heterocycles. The molecule has 2 rings (SSSR count). The number of carbonyl (C=O) groups is 1. The van der Waals surface area contributed by atoms with Gasteiger partial charge in [0.1, 0.15) is 0 Å². The summed E-state index contributed by atoms with van der Waals surface area (Å²) in [4.78, 5) is 15.8. The second-order valence-corrected chi connectivity index (χ2v) is 4.94. The molecular formula is C14H21N3O. The summed E-state index contributed by atoms with van der Waals surface area (Å²) < 4.78 is 0. The maximum atomic E-state index is 11.8. The molecule has 1 aromatic rings. The molecule has 4 nitrogen and oxygen atoms in total. The third-order valence-electron chi connectivity index (χ3n) is 3.47. The van der Waals surface area contributed by atoms with Crippen LogP contribution in [0.5, 0.6) is 0 Å². The van der Waals surface area contributed by atoms with Gasteiger partial charge in [0.05, 0.1) is 12.6 Å². The number of hydrogen-bond donors (Lipinski definition) is 2. The van der Waals surface area contributed by atoms with Gasteiger partial charge in [-0.15, -0.1) is 0 Å². The zero-order valence-corrected chi connectivity index (χ0v) is 10.9. The number of nitrogens with zero attached hydrogens (tertiary/aromatic N) is 1. The van der Waals surface area contributed by atoms with Crippen molar-refractivity contribution in [3.8, 4) is 0 Å². The van der Waals surface area contributed by atoms with Crippen molar-refractivity contribution in [3.05, 3.63) is 30.1 Å². The molecule has 0 radical (unpaired) electrons. The summed E-state index contributed by atoms with van der Waals surface area (Å²) in [5, 5.41) is 6.29. The monoisotopic (exact) mass is 247 g/mol. The summed E-state index contributed by atoms with van der Waals surface area (Å²) in [6.45, 7) is 2.39. The van der Waals surface area contributed by atoms with Gasteiger partial charge in [-0.2, -0.15) is 0 Å². The highest BCUT2D eigenvalue weighted by molar-refractivity contribution is 5.78. The van der Waals surface area contributed by atoms with Gasteiger partial charge in [0.25, 0.3) is 0 Å². The average molecular weight is 247 g/mol. The fraction of sp³-hybridized carbons (Fsp3) is 0.571. The minimum absolute atomic E-state index is 0.0107. The molecule has 0 spiro atoms. The molecule has 4 heteroatoms. The highest BCUT2D eigenvalue weighted by Crippen LogP contribution is 2.17. The normalized spacial score (nSPS) is 17.6. The van der Waals surface area contributed by atoms with Gasteiger partial charge in [-0.25, -0.2) is 0 Å². The third-order valence-corrected chi connectivity index (χ3v) is 3.47. The van der Waals surface area contributed by atoms with Crippen molar-refractivity contribution in [1.82, 2.24) is 15.6 Å². The standard InChI is InChI=1S/C14H21N3O/c1-11(12-5-4-8-15-9-12)17-14(18)10-16-13-6-2-3-7-13/h4-5,8-9,11,13,16H,2-3,6-7,10H2,1H3,(H,17,18)/t11-/m0/s1. The van der Waals surface area contributed by atoms with Gasteiger partial charge in [0.15, 0.2) is 0 Å². The molecule has 0 aromatic carbocycles. The van der Waals surface area contributed by atoms with E-state index in [4.69, 9.17) is 0 Å². The molecule has 0 aliphatic heterocycles. The Morgan fingerprint density at radius 3 is 2.94 bits per heavy atom. The number of carbonyl (C=O) groups excluding carboxylic acids is 1. The van der Waals surface area contributed by atoms with Gasteiger partial charge < -0.3 is 10.6 Å². The number of pyridine rings is 1. The van der Waals surface area contributed by atoms with Crippen molar-refractivity contribution in [3.63, 3.8) is 0 Å². The maximum absolute atomic E-state index is 11.8. The molecule has 0 unspecified atom stereocenters. The van der Waals surface area contributed by atoms with Crippen molar-refractivity contribution in [2.75, 3.05) is 6.54 Å². The van der Waals surface area contributed by atoms with Crippen LogP contribution in [-0.2, 0) is 4.79 Å². The summed E-state index contributed by atoms with van der Waals surface area (Å²) in [6, 6.07) is 4.40. The molecule has 1 aliphatic carbocycles. The lowest BCUT2D eigenvalue weighted by Crippen LogP contribution is -2.39. The Bertz CT molecular complexity index is 374. The molecule has 1 atom stereocenters. The van der Waals surface area contributed by atoms with Crippen LogP contribution in [-0.4, -0.2) is 23.5 Å². The second-order valence-electron chi connectivity index (χ2n) is 4.94. The molecule has 2 N–H and O–H groups in total. The Kier molecular flexibility index (Phi) is 4.70. The van der Waals surface area contributed by atoms with E-state index in [1.807, 2.05) is 19.1 Å². The van der Waals surface area contributed by atoms with Gasteiger partial charge in [-0.05, 0) is 31.4 Å². The lowest BCUT2D eigenvalue weighted by atomic mass is 10.1. The van der Waals surface area contributed by atoms with E-state index in [1.54, 1.807) is 12.4 Å². The molecule has 98 valence electrons. The Hall–Kier alpha value is -1.42. The Labute approximate surface area is 108 Å². The highest BCUT2D eigenvalue weighted by Gasteiger charge is 2.16. The van der Waals surface area contributed by atoms with Crippen molar-refractivity contribution < 1.29 is 4.79 Å². The fourth-order valence-corrected chi connectivity index (χ4v) is 2.37. The molecule has 1 fully saturated rings. The smallest absolute Gasteiger partial charge is 0.234 e. The SMILES string of the molecule is C[C@H](NC(=O)CNC1CCCC1)c1cccnc1. The summed E-state index contributed by atoms with van der Waals surface area (Å²) in [5.41, 5.74) is 1.03. The minimum Gasteiger partial charge on any atom is -0.348 e. The van der Waals surface area contributed by atoms with Crippen LogP contribution in [0.4, 0.5) is 0 Å². The van der Waals surface area contributed by atoms with E-state index in [0.717, 1.165) is 5.56 Å². The Morgan fingerprint density at radius 1 is 1.50 bits per heavy atom. The van der Waals surface area contributed by atoms with E-state index in [0.29, 0.717) is 12.6 Å². The van der Waals surface area contributed by atoms with Crippen LogP contribution < -0.4 is 10.6 Å². The first-order valence-corrected chi connectivity index (χ1v) is 6.68. The molecule has 0 bridgehead atoms. The molecule has 0 saturated heterocycles. The van der Waals surface area contributed by atoms with E-state index < -0.39 is 0 Å². The van der Waals surface area contributed by atoms with Gasteiger partial charge in [-0.3, -0.25) is 9.78 Å². The lowest BCUT2D eigenvalue weighted by molar-refractivity contribution is -0.121. The summed E-state index contributed by atoms with van der Waals surface area (Å²) in [7, 11) is 0. The number of rotatable bonds is 5. The number of hydrogen-bond acceptors (Lipinski definition) is 3. The van der Waals surface area contributed by atoms with Crippen molar-refractivity contribution in [2.24, 2.45) is 0 Å². The molecule has 1 aromatic heterocycles. The number of aromatic nitrogens is 1. The van der Waals surface area contributed by atoms with E-state index in [2.05, 4.69) is 15.6 Å². The quantitative estimate of drug-likeness (QED) is 0.834. The van der Waals surface area contributed by atoms with Crippen LogP contribution in [0.2, 0.25) is 0 Å². The van der Waals surface area contributed by atoms with Crippen LogP contribution in [0.25, 0.3) is 0 Å². The zero-order valence-electron chi connectivity index (χ0n) is 10.9. The zero-order chi connectivity index (χ0) is 12.8. The summed E-state index contributed by atoms with van der Waals surface area (Å²) in [6.07, 6.45) is 8.49. The van der Waals surface area contributed by atoms with Crippen molar-refractivity contribution in [1.29, 1.82) is 0 Å². The van der Waals surface area contributed by atoms with E-state index in [-0.39, 0.29) is 11.9 Å². The number of nitrogens with one attached hydrogen (secondary N) is 2. The molecule has 18 heavy (non-hydrogen) atoms.